The van der Waals surface area contributed by atoms with Gasteiger partial charge in [0.1, 0.15) is 0 Å². The molecule has 0 bridgehead atoms. The van der Waals surface area contributed by atoms with Crippen LogP contribution < -0.4 is 5.69 Å². The normalized spacial score (nSPS) is 22.9. The van der Waals surface area contributed by atoms with Crippen molar-refractivity contribution in [1.82, 2.24) is 14.5 Å². The molecule has 0 saturated carbocycles. The van der Waals surface area contributed by atoms with Crippen molar-refractivity contribution in [3.05, 3.63) is 34.7 Å². The number of aromatic amines is 1. The Hall–Kier alpha value is -2.08. The van der Waals surface area contributed by atoms with E-state index in [2.05, 4.69) is 4.98 Å². The predicted octanol–water partition coefficient (Wildman–Crippen LogP) is 2.31. The minimum atomic E-state index is -0.0492. The van der Waals surface area contributed by atoms with E-state index in [1.165, 1.54) is 0 Å². The number of para-hydroxylation sites is 2. The van der Waals surface area contributed by atoms with Crippen molar-refractivity contribution in [3.8, 4) is 0 Å². The number of aromatic nitrogens is 2. The van der Waals surface area contributed by atoms with Crippen LogP contribution in [0.25, 0.3) is 11.0 Å². The van der Waals surface area contributed by atoms with E-state index in [0.717, 1.165) is 62.8 Å². The molecule has 2 fully saturated rings. The number of likely N-dealkylation sites (tertiary alicyclic amines) is 1. The van der Waals surface area contributed by atoms with Crippen LogP contribution in [-0.2, 0) is 9.53 Å². The maximum absolute atomic E-state index is 12.8. The number of rotatable bonds is 2. The third-order valence-electron chi connectivity index (χ3n) is 5.57. The molecule has 1 unspecified atom stereocenters. The number of benzene rings is 1. The second-order valence-corrected chi connectivity index (χ2v) is 7.11. The molecule has 1 atom stereocenters. The Morgan fingerprint density at radius 1 is 1.08 bits per heavy atom. The summed E-state index contributed by atoms with van der Waals surface area (Å²) in [6, 6.07) is 7.96. The number of carbonyl (C=O) groups excluding carboxylic acids is 1. The lowest BCUT2D eigenvalue weighted by atomic mass is 9.96. The highest BCUT2D eigenvalue weighted by Crippen LogP contribution is 2.27. The predicted molar refractivity (Wildman–Crippen MR) is 95.6 cm³/mol. The fourth-order valence-corrected chi connectivity index (χ4v) is 4.19. The molecule has 1 aromatic heterocycles. The quantitative estimate of drug-likeness (QED) is 0.910. The van der Waals surface area contributed by atoms with Gasteiger partial charge in [0, 0.05) is 38.3 Å². The number of fused-ring (bicyclic) bond motifs is 1. The fraction of sp³-hybridized carbons (Fsp3) is 0.579. The van der Waals surface area contributed by atoms with Crippen LogP contribution >= 0.6 is 0 Å². The van der Waals surface area contributed by atoms with Crippen molar-refractivity contribution in [3.63, 3.8) is 0 Å². The molecular weight excluding hydrogens is 318 g/mol. The molecule has 3 heterocycles. The van der Waals surface area contributed by atoms with Crippen LogP contribution in [-0.4, -0.2) is 46.7 Å². The van der Waals surface area contributed by atoms with Gasteiger partial charge in [-0.15, -0.1) is 0 Å². The average molecular weight is 343 g/mol. The third kappa shape index (κ3) is 3.23. The van der Waals surface area contributed by atoms with E-state index in [4.69, 9.17) is 4.74 Å². The smallest absolute Gasteiger partial charge is 0.326 e. The molecule has 6 heteroatoms. The van der Waals surface area contributed by atoms with Crippen LogP contribution in [0.4, 0.5) is 0 Å². The summed E-state index contributed by atoms with van der Waals surface area (Å²) >= 11 is 0. The number of carbonyl (C=O) groups is 1. The van der Waals surface area contributed by atoms with E-state index in [-0.39, 0.29) is 23.6 Å². The van der Waals surface area contributed by atoms with E-state index in [1.807, 2.05) is 33.7 Å². The molecule has 0 spiro atoms. The van der Waals surface area contributed by atoms with Crippen molar-refractivity contribution in [1.29, 1.82) is 0 Å². The van der Waals surface area contributed by atoms with Crippen LogP contribution in [0.2, 0.25) is 0 Å². The molecule has 1 N–H and O–H groups in total. The van der Waals surface area contributed by atoms with E-state index in [1.54, 1.807) is 0 Å². The number of amides is 1. The molecule has 6 nitrogen and oxygen atoms in total. The standard InChI is InChI=1S/C19H25N3O3/c23-18(14-4-3-12-25-13-9-14)21-10-7-15(8-11-21)22-17-6-2-1-5-16(17)20-19(22)24/h1-2,5-6,14-15H,3-4,7-13H2,(H,20,24). The molecule has 2 aliphatic rings. The Balaban J connectivity index is 1.45. The van der Waals surface area contributed by atoms with E-state index >= 15 is 0 Å². The minimum Gasteiger partial charge on any atom is -0.381 e. The summed E-state index contributed by atoms with van der Waals surface area (Å²) in [5, 5.41) is 0. The van der Waals surface area contributed by atoms with Gasteiger partial charge in [0.15, 0.2) is 0 Å². The number of nitrogens with one attached hydrogen (secondary N) is 1. The Labute approximate surface area is 146 Å². The lowest BCUT2D eigenvalue weighted by Crippen LogP contribution is -2.43. The van der Waals surface area contributed by atoms with Crippen molar-refractivity contribution in [2.45, 2.75) is 38.1 Å². The van der Waals surface area contributed by atoms with E-state index < -0.39 is 0 Å². The largest absolute Gasteiger partial charge is 0.381 e. The Morgan fingerprint density at radius 2 is 1.88 bits per heavy atom. The fourth-order valence-electron chi connectivity index (χ4n) is 4.19. The molecule has 2 saturated heterocycles. The van der Waals surface area contributed by atoms with Crippen LogP contribution in [0.3, 0.4) is 0 Å². The van der Waals surface area contributed by atoms with Gasteiger partial charge in [0.05, 0.1) is 11.0 Å². The first-order chi connectivity index (χ1) is 12.2. The summed E-state index contributed by atoms with van der Waals surface area (Å²) in [5.41, 5.74) is 1.79. The van der Waals surface area contributed by atoms with Gasteiger partial charge in [0.25, 0.3) is 0 Å². The Kier molecular flexibility index (Phi) is 4.61. The van der Waals surface area contributed by atoms with Crippen LogP contribution in [0.1, 0.15) is 38.1 Å². The van der Waals surface area contributed by atoms with Crippen molar-refractivity contribution >= 4 is 16.9 Å². The number of nitrogens with zero attached hydrogens (tertiary/aromatic N) is 2. The van der Waals surface area contributed by atoms with Crippen LogP contribution in [0.5, 0.6) is 0 Å². The average Bonchev–Trinajstić information content (AvgIpc) is 2.81. The maximum Gasteiger partial charge on any atom is 0.326 e. The number of hydrogen-bond acceptors (Lipinski definition) is 3. The summed E-state index contributed by atoms with van der Waals surface area (Å²) in [7, 11) is 0. The van der Waals surface area contributed by atoms with Crippen LogP contribution in [0, 0.1) is 5.92 Å². The number of H-pyrrole nitrogens is 1. The highest BCUT2D eigenvalue weighted by Gasteiger charge is 2.30. The molecule has 25 heavy (non-hydrogen) atoms. The summed E-state index contributed by atoms with van der Waals surface area (Å²) < 4.78 is 7.34. The summed E-state index contributed by atoms with van der Waals surface area (Å²) in [4.78, 5) is 30.0. The van der Waals surface area contributed by atoms with E-state index in [9.17, 15) is 9.59 Å². The first-order valence-electron chi connectivity index (χ1n) is 9.30. The SMILES string of the molecule is O=C(C1CCCOCC1)N1CCC(n2c(=O)[nH]c3ccccc32)CC1. The zero-order valence-corrected chi connectivity index (χ0v) is 14.4. The van der Waals surface area contributed by atoms with Gasteiger partial charge in [-0.25, -0.2) is 4.79 Å². The zero-order chi connectivity index (χ0) is 17.2. The first-order valence-corrected chi connectivity index (χ1v) is 9.30. The lowest BCUT2D eigenvalue weighted by Gasteiger charge is -2.34. The van der Waals surface area contributed by atoms with Gasteiger partial charge < -0.3 is 14.6 Å². The van der Waals surface area contributed by atoms with Gasteiger partial charge in [-0.3, -0.25) is 9.36 Å². The summed E-state index contributed by atoms with van der Waals surface area (Å²) in [6.45, 7) is 2.92. The van der Waals surface area contributed by atoms with Gasteiger partial charge in [-0.1, -0.05) is 12.1 Å². The third-order valence-corrected chi connectivity index (χ3v) is 5.57. The molecular formula is C19H25N3O3. The first kappa shape index (κ1) is 16.4. The van der Waals surface area contributed by atoms with E-state index in [0.29, 0.717) is 6.61 Å². The van der Waals surface area contributed by atoms with Crippen molar-refractivity contribution in [2.75, 3.05) is 26.3 Å². The topological polar surface area (TPSA) is 67.3 Å². The highest BCUT2D eigenvalue weighted by molar-refractivity contribution is 5.79. The zero-order valence-electron chi connectivity index (χ0n) is 14.4. The number of piperidine rings is 1. The Morgan fingerprint density at radius 3 is 2.72 bits per heavy atom. The molecule has 4 rings (SSSR count). The lowest BCUT2D eigenvalue weighted by molar-refractivity contribution is -0.137. The van der Waals surface area contributed by atoms with Crippen molar-refractivity contribution < 1.29 is 9.53 Å². The number of imidazole rings is 1. The highest BCUT2D eigenvalue weighted by atomic mass is 16.5. The van der Waals surface area contributed by atoms with Crippen molar-refractivity contribution in [2.24, 2.45) is 5.92 Å². The maximum atomic E-state index is 12.8. The van der Waals surface area contributed by atoms with Gasteiger partial charge in [-0.2, -0.15) is 0 Å². The summed E-state index contributed by atoms with van der Waals surface area (Å²) in [6.07, 6.45) is 4.40. The summed E-state index contributed by atoms with van der Waals surface area (Å²) in [5.74, 6) is 0.380. The number of hydrogen-bond donors (Lipinski definition) is 1. The van der Waals surface area contributed by atoms with Gasteiger partial charge in [-0.05, 0) is 44.2 Å². The second-order valence-electron chi connectivity index (χ2n) is 7.11. The molecule has 0 radical (unpaired) electrons. The molecule has 1 amide bonds. The monoisotopic (exact) mass is 343 g/mol. The van der Waals surface area contributed by atoms with Gasteiger partial charge in [0.2, 0.25) is 5.91 Å². The molecule has 2 aromatic rings. The van der Waals surface area contributed by atoms with Gasteiger partial charge >= 0.3 is 5.69 Å². The molecule has 134 valence electrons. The second kappa shape index (κ2) is 7.04. The van der Waals surface area contributed by atoms with Crippen LogP contribution in [0.15, 0.2) is 29.1 Å². The molecule has 2 aliphatic heterocycles. The Bertz CT molecular complexity index is 794. The molecule has 0 aliphatic carbocycles. The molecule has 1 aromatic carbocycles. The number of ether oxygens (including phenoxy) is 1. The minimum absolute atomic E-state index is 0.0492.